The lowest BCUT2D eigenvalue weighted by Crippen LogP contribution is -2.40. The van der Waals surface area contributed by atoms with Crippen LogP contribution in [-0.2, 0) is 4.74 Å². The van der Waals surface area contributed by atoms with Crippen LogP contribution in [0.4, 0.5) is 16.3 Å². The average molecular weight is 458 g/mol. The van der Waals surface area contributed by atoms with Crippen molar-refractivity contribution in [2.24, 2.45) is 0 Å². The fourth-order valence-corrected chi connectivity index (χ4v) is 4.30. The van der Waals surface area contributed by atoms with Gasteiger partial charge >= 0.3 is 6.09 Å². The third-order valence-corrected chi connectivity index (χ3v) is 5.76. The second-order valence-corrected chi connectivity index (χ2v) is 9.44. The molecule has 34 heavy (non-hydrogen) atoms. The van der Waals surface area contributed by atoms with E-state index in [9.17, 15) is 9.59 Å². The Morgan fingerprint density at radius 1 is 0.941 bits per heavy atom. The number of pyridine rings is 1. The van der Waals surface area contributed by atoms with E-state index in [2.05, 4.69) is 4.98 Å². The molecule has 3 aromatic rings. The summed E-state index contributed by atoms with van der Waals surface area (Å²) in [4.78, 5) is 34.9. The number of aromatic nitrogens is 1. The number of hydrogen-bond donors (Lipinski definition) is 0. The predicted octanol–water partition coefficient (Wildman–Crippen LogP) is 6.52. The molecule has 4 rings (SSSR count). The topological polar surface area (TPSA) is 62.7 Å². The van der Waals surface area contributed by atoms with Crippen LogP contribution in [0.2, 0.25) is 0 Å². The van der Waals surface area contributed by atoms with Crippen molar-refractivity contribution in [3.63, 3.8) is 0 Å². The maximum absolute atomic E-state index is 13.5. The number of carbonyl (C=O) groups excluding carboxylic acids is 2. The van der Waals surface area contributed by atoms with E-state index in [1.807, 2.05) is 98.5 Å². The molecule has 0 saturated carbocycles. The first-order valence-corrected chi connectivity index (χ1v) is 11.7. The zero-order valence-corrected chi connectivity index (χ0v) is 20.0. The first kappa shape index (κ1) is 23.5. The minimum absolute atomic E-state index is 0.0105. The fraction of sp³-hybridized carbons (Fsp3) is 0.321. The second kappa shape index (κ2) is 10.1. The molecule has 0 spiro atoms. The number of para-hydroxylation sites is 1. The van der Waals surface area contributed by atoms with Gasteiger partial charge in [-0.05, 0) is 70.4 Å². The Labute approximate surface area is 201 Å². The quantitative estimate of drug-likeness (QED) is 0.447. The minimum atomic E-state index is -0.667. The van der Waals surface area contributed by atoms with Crippen molar-refractivity contribution >= 4 is 23.5 Å². The van der Waals surface area contributed by atoms with Crippen molar-refractivity contribution in [1.29, 1.82) is 0 Å². The van der Waals surface area contributed by atoms with Crippen molar-refractivity contribution in [3.05, 3.63) is 90.1 Å². The predicted molar refractivity (Wildman–Crippen MR) is 133 cm³/mol. The van der Waals surface area contributed by atoms with Gasteiger partial charge in [0.05, 0.1) is 11.7 Å². The minimum Gasteiger partial charge on any atom is -0.443 e. The number of carbonyl (C=O) groups is 2. The zero-order valence-electron chi connectivity index (χ0n) is 20.0. The van der Waals surface area contributed by atoms with Gasteiger partial charge in [-0.3, -0.25) is 4.79 Å². The summed E-state index contributed by atoms with van der Waals surface area (Å²) in [6.07, 6.45) is 3.91. The average Bonchev–Trinajstić information content (AvgIpc) is 2.84. The van der Waals surface area contributed by atoms with Crippen molar-refractivity contribution in [2.75, 3.05) is 11.4 Å². The lowest BCUT2D eigenvalue weighted by Gasteiger charge is -2.38. The molecule has 1 unspecified atom stereocenters. The maximum atomic E-state index is 13.5. The number of rotatable bonds is 4. The molecule has 1 fully saturated rings. The first-order chi connectivity index (χ1) is 16.3. The highest BCUT2D eigenvalue weighted by Gasteiger charge is 2.34. The lowest BCUT2D eigenvalue weighted by atomic mass is 9.94. The molecule has 0 bridgehead atoms. The summed E-state index contributed by atoms with van der Waals surface area (Å²) in [5.41, 5.74) is 1.49. The Balaban J connectivity index is 1.77. The zero-order chi connectivity index (χ0) is 24.1. The van der Waals surface area contributed by atoms with Crippen LogP contribution < -0.4 is 4.90 Å². The highest BCUT2D eigenvalue weighted by atomic mass is 16.6. The summed E-state index contributed by atoms with van der Waals surface area (Å²) in [6, 6.07) is 22.3. The van der Waals surface area contributed by atoms with E-state index in [-0.39, 0.29) is 11.9 Å². The molecule has 2 amide bonds. The number of likely N-dealkylation sites (tertiary alicyclic amines) is 1. The van der Waals surface area contributed by atoms with Crippen LogP contribution in [0.3, 0.4) is 0 Å². The fourth-order valence-electron chi connectivity index (χ4n) is 4.30. The summed E-state index contributed by atoms with van der Waals surface area (Å²) >= 11 is 0. The van der Waals surface area contributed by atoms with Crippen LogP contribution in [0, 0.1) is 0 Å². The standard InChI is InChI=1S/C28H31N3O3/c1-28(2,3)34-27(33)31(22-15-8-5-9-16-22)25-23(17-12-19-29-25)24-18-10-11-20-30(24)26(32)21-13-6-4-7-14-21/h4-9,12-17,19,24H,10-11,18,20H2,1-3H3. The Hall–Kier alpha value is -3.67. The molecule has 1 aromatic heterocycles. The number of ether oxygens (including phenoxy) is 1. The van der Waals surface area contributed by atoms with E-state index < -0.39 is 11.7 Å². The van der Waals surface area contributed by atoms with Crippen molar-refractivity contribution in [2.45, 2.75) is 51.7 Å². The Morgan fingerprint density at radius 3 is 2.29 bits per heavy atom. The molecule has 1 atom stereocenters. The Kier molecular flexibility index (Phi) is 6.96. The summed E-state index contributed by atoms with van der Waals surface area (Å²) in [5.74, 6) is 0.476. The first-order valence-electron chi connectivity index (χ1n) is 11.7. The highest BCUT2D eigenvalue weighted by Crippen LogP contribution is 2.39. The van der Waals surface area contributed by atoms with Gasteiger partial charge in [0.1, 0.15) is 11.4 Å². The van der Waals surface area contributed by atoms with Gasteiger partial charge in [0.25, 0.3) is 5.91 Å². The van der Waals surface area contributed by atoms with Crippen molar-refractivity contribution < 1.29 is 14.3 Å². The highest BCUT2D eigenvalue weighted by molar-refractivity contribution is 5.97. The molecule has 1 aliphatic heterocycles. The van der Waals surface area contributed by atoms with Crippen molar-refractivity contribution in [3.8, 4) is 0 Å². The molecular formula is C28H31N3O3. The van der Waals surface area contributed by atoms with E-state index in [0.29, 0.717) is 23.6 Å². The molecule has 2 aromatic carbocycles. The van der Waals surface area contributed by atoms with E-state index >= 15 is 0 Å². The van der Waals surface area contributed by atoms with E-state index in [1.54, 1.807) is 6.20 Å². The molecule has 2 heterocycles. The van der Waals surface area contributed by atoms with Crippen LogP contribution in [0.25, 0.3) is 0 Å². The van der Waals surface area contributed by atoms with Gasteiger partial charge in [0.2, 0.25) is 0 Å². The van der Waals surface area contributed by atoms with E-state index in [0.717, 1.165) is 24.8 Å². The summed E-state index contributed by atoms with van der Waals surface area (Å²) in [5, 5.41) is 0. The smallest absolute Gasteiger partial charge is 0.420 e. The van der Waals surface area contributed by atoms with Gasteiger partial charge in [0, 0.05) is 23.9 Å². The second-order valence-electron chi connectivity index (χ2n) is 9.44. The van der Waals surface area contributed by atoms with Gasteiger partial charge in [-0.25, -0.2) is 14.7 Å². The Bertz CT molecular complexity index is 1130. The summed E-state index contributed by atoms with van der Waals surface area (Å²) in [6.45, 7) is 6.18. The van der Waals surface area contributed by atoms with Crippen LogP contribution in [0.1, 0.15) is 62.0 Å². The monoisotopic (exact) mass is 457 g/mol. The van der Waals surface area contributed by atoms with E-state index in [4.69, 9.17) is 4.74 Å². The molecule has 1 aliphatic rings. The molecular weight excluding hydrogens is 426 g/mol. The van der Waals surface area contributed by atoms with Crippen LogP contribution in [0.5, 0.6) is 0 Å². The molecule has 1 saturated heterocycles. The molecule has 6 heteroatoms. The number of nitrogens with zero attached hydrogens (tertiary/aromatic N) is 3. The summed E-state index contributed by atoms with van der Waals surface area (Å²) < 4.78 is 5.76. The van der Waals surface area contributed by atoms with Gasteiger partial charge in [-0.15, -0.1) is 0 Å². The van der Waals surface area contributed by atoms with Crippen molar-refractivity contribution in [1.82, 2.24) is 9.88 Å². The largest absolute Gasteiger partial charge is 0.443 e. The maximum Gasteiger partial charge on any atom is 0.420 e. The van der Waals surface area contributed by atoms with E-state index in [1.165, 1.54) is 4.90 Å². The molecule has 0 radical (unpaired) electrons. The van der Waals surface area contributed by atoms with Crippen LogP contribution in [-0.4, -0.2) is 34.0 Å². The van der Waals surface area contributed by atoms with Crippen LogP contribution >= 0.6 is 0 Å². The number of hydrogen-bond acceptors (Lipinski definition) is 4. The molecule has 6 nitrogen and oxygen atoms in total. The number of piperidine rings is 1. The third-order valence-electron chi connectivity index (χ3n) is 5.76. The van der Waals surface area contributed by atoms with Gasteiger partial charge in [-0.2, -0.15) is 0 Å². The third kappa shape index (κ3) is 5.28. The molecule has 0 N–H and O–H groups in total. The Morgan fingerprint density at radius 2 is 1.62 bits per heavy atom. The van der Waals surface area contributed by atoms with Crippen LogP contribution in [0.15, 0.2) is 79.0 Å². The normalized spacial score (nSPS) is 16.1. The van der Waals surface area contributed by atoms with Gasteiger partial charge in [-0.1, -0.05) is 42.5 Å². The number of anilines is 2. The summed E-state index contributed by atoms with van der Waals surface area (Å²) in [7, 11) is 0. The number of benzene rings is 2. The lowest BCUT2D eigenvalue weighted by molar-refractivity contribution is 0.0596. The van der Waals surface area contributed by atoms with Gasteiger partial charge < -0.3 is 9.64 Å². The number of amides is 2. The molecule has 176 valence electrons. The SMILES string of the molecule is CC(C)(C)OC(=O)N(c1ccccc1)c1ncccc1C1CCCCN1C(=O)c1ccccc1. The van der Waals surface area contributed by atoms with Gasteiger partial charge in [0.15, 0.2) is 0 Å². The molecule has 0 aliphatic carbocycles.